The quantitative estimate of drug-likeness (QED) is 0.262. The summed E-state index contributed by atoms with van der Waals surface area (Å²) in [5.41, 5.74) is 4.67. The summed E-state index contributed by atoms with van der Waals surface area (Å²) >= 11 is 12.0. The van der Waals surface area contributed by atoms with E-state index in [1.165, 1.54) is 0 Å². The Hall–Kier alpha value is -3.68. The topological polar surface area (TPSA) is 70.4 Å². The van der Waals surface area contributed by atoms with Crippen molar-refractivity contribution in [2.24, 2.45) is 0 Å². The predicted molar refractivity (Wildman–Crippen MR) is 150 cm³/mol. The second-order valence-electron chi connectivity index (χ2n) is 9.09. The number of aromatic nitrogens is 1. The summed E-state index contributed by atoms with van der Waals surface area (Å²) in [7, 11) is 0. The maximum Gasteiger partial charge on any atom is 0.226 e. The number of hydrogen-bond acceptors (Lipinski definition) is 4. The van der Waals surface area contributed by atoms with Crippen molar-refractivity contribution in [2.75, 3.05) is 11.9 Å². The van der Waals surface area contributed by atoms with Crippen LogP contribution in [0.5, 0.6) is 0 Å². The van der Waals surface area contributed by atoms with Crippen LogP contribution in [0.2, 0.25) is 5.02 Å². The Labute approximate surface area is 226 Å². The van der Waals surface area contributed by atoms with Gasteiger partial charge in [0.05, 0.1) is 11.7 Å². The molecule has 3 heterocycles. The van der Waals surface area contributed by atoms with Gasteiger partial charge in [-0.1, -0.05) is 41.9 Å². The monoisotopic (exact) mass is 530 g/mol. The number of benzene rings is 2. The van der Waals surface area contributed by atoms with Crippen LogP contribution in [-0.2, 0) is 4.79 Å². The number of anilines is 1. The number of aryl methyl sites for hydroxylation is 2. The number of nitrogens with zero attached hydrogens (tertiary/aromatic N) is 2. The molecule has 8 heteroatoms. The molecular formula is C29H27ClN4O2S. The molecule has 1 saturated heterocycles. The Morgan fingerprint density at radius 1 is 1.08 bits per heavy atom. The zero-order valence-electron chi connectivity index (χ0n) is 20.6. The highest BCUT2D eigenvalue weighted by Gasteiger charge is 2.41. The van der Waals surface area contributed by atoms with Gasteiger partial charge < -0.3 is 20.0 Å². The van der Waals surface area contributed by atoms with Crippen molar-refractivity contribution in [2.45, 2.75) is 32.4 Å². The van der Waals surface area contributed by atoms with Gasteiger partial charge in [-0.25, -0.2) is 0 Å². The summed E-state index contributed by atoms with van der Waals surface area (Å²) in [6.45, 7) is 4.42. The van der Waals surface area contributed by atoms with Crippen LogP contribution >= 0.6 is 23.8 Å². The van der Waals surface area contributed by atoms with Crippen molar-refractivity contribution >= 4 is 40.5 Å². The van der Waals surface area contributed by atoms with Crippen LogP contribution in [0.25, 0.3) is 11.3 Å². The summed E-state index contributed by atoms with van der Waals surface area (Å²) in [6.07, 6.45) is 2.03. The number of hydrogen-bond donors (Lipinski definition) is 2. The number of nitrogens with one attached hydrogen (secondary N) is 2. The Balaban J connectivity index is 1.42. The third-order valence-corrected chi connectivity index (χ3v) is 7.17. The Morgan fingerprint density at radius 3 is 2.68 bits per heavy atom. The fraction of sp³-hybridized carbons (Fsp3) is 0.207. The molecule has 2 unspecified atom stereocenters. The number of para-hydroxylation sites is 1. The van der Waals surface area contributed by atoms with Gasteiger partial charge in [0.25, 0.3) is 0 Å². The van der Waals surface area contributed by atoms with Crippen LogP contribution < -0.4 is 10.6 Å². The van der Waals surface area contributed by atoms with Gasteiger partial charge in [-0.2, -0.15) is 0 Å². The van der Waals surface area contributed by atoms with E-state index < -0.39 is 0 Å². The molecule has 0 saturated carbocycles. The van der Waals surface area contributed by atoms with Gasteiger partial charge >= 0.3 is 0 Å². The molecule has 1 aliphatic rings. The van der Waals surface area contributed by atoms with Crippen LogP contribution in [0.3, 0.4) is 0 Å². The van der Waals surface area contributed by atoms with Crippen molar-refractivity contribution in [3.8, 4) is 11.3 Å². The highest BCUT2D eigenvalue weighted by Crippen LogP contribution is 2.41. The fourth-order valence-corrected chi connectivity index (χ4v) is 5.12. The van der Waals surface area contributed by atoms with Crippen molar-refractivity contribution in [1.29, 1.82) is 0 Å². The average molecular weight is 531 g/mol. The van der Waals surface area contributed by atoms with Gasteiger partial charge in [0.15, 0.2) is 5.11 Å². The van der Waals surface area contributed by atoms with Crippen LogP contribution in [0.1, 0.15) is 41.1 Å². The van der Waals surface area contributed by atoms with Crippen LogP contribution in [0.15, 0.2) is 83.4 Å². The molecule has 0 radical (unpaired) electrons. The predicted octanol–water partition coefficient (Wildman–Crippen LogP) is 6.61. The molecule has 2 aromatic carbocycles. The van der Waals surface area contributed by atoms with Gasteiger partial charge in [-0.15, -0.1) is 0 Å². The lowest BCUT2D eigenvalue weighted by Crippen LogP contribution is -2.32. The fourth-order valence-electron chi connectivity index (χ4n) is 4.62. The third kappa shape index (κ3) is 5.38. The second kappa shape index (κ2) is 10.7. The van der Waals surface area contributed by atoms with E-state index in [2.05, 4.69) is 15.6 Å². The summed E-state index contributed by atoms with van der Waals surface area (Å²) < 4.78 is 6.41. The summed E-state index contributed by atoms with van der Waals surface area (Å²) in [6, 6.07) is 22.7. The third-order valence-electron chi connectivity index (χ3n) is 6.58. The van der Waals surface area contributed by atoms with Crippen molar-refractivity contribution in [3.63, 3.8) is 0 Å². The second-order valence-corrected chi connectivity index (χ2v) is 9.92. The highest BCUT2D eigenvalue weighted by molar-refractivity contribution is 7.80. The number of carbonyl (C=O) groups excluding carboxylic acids is 1. The summed E-state index contributed by atoms with van der Waals surface area (Å²) in [5.74, 6) is 1.38. The molecule has 4 aromatic rings. The van der Waals surface area contributed by atoms with Gasteiger partial charge in [0, 0.05) is 35.4 Å². The van der Waals surface area contributed by atoms with E-state index in [1.807, 2.05) is 91.5 Å². The lowest BCUT2D eigenvalue weighted by molar-refractivity contribution is -0.116. The van der Waals surface area contributed by atoms with Gasteiger partial charge in [-0.3, -0.25) is 9.78 Å². The largest absolute Gasteiger partial charge is 0.459 e. The SMILES string of the molecule is Cc1ccccc1NC(=O)CCN1C(=S)NC(c2ccccn2)C1c1ccc(-c2cc(Cl)ccc2C)o1. The van der Waals surface area contributed by atoms with Crippen molar-refractivity contribution < 1.29 is 9.21 Å². The van der Waals surface area contributed by atoms with Gasteiger partial charge in [0.2, 0.25) is 5.91 Å². The number of pyridine rings is 1. The van der Waals surface area contributed by atoms with E-state index in [-0.39, 0.29) is 24.4 Å². The summed E-state index contributed by atoms with van der Waals surface area (Å²) in [4.78, 5) is 19.4. The molecule has 6 nitrogen and oxygen atoms in total. The molecule has 0 bridgehead atoms. The molecule has 2 N–H and O–H groups in total. The first kappa shape index (κ1) is 25.0. The molecule has 2 aromatic heterocycles. The maximum absolute atomic E-state index is 12.8. The van der Waals surface area contributed by atoms with E-state index in [0.29, 0.717) is 16.7 Å². The first-order chi connectivity index (χ1) is 17.9. The molecule has 188 valence electrons. The van der Waals surface area contributed by atoms with E-state index in [4.69, 9.17) is 28.2 Å². The standard InChI is InChI=1S/C29H27ClN4O2S/c1-18-10-11-20(30)17-21(18)24-12-13-25(36-24)28-27(23-9-5-6-15-31-23)33-29(37)34(28)16-14-26(35)32-22-8-4-3-7-19(22)2/h3-13,15,17,27-28H,14,16H2,1-2H3,(H,32,35)(H,33,37). The first-order valence-electron chi connectivity index (χ1n) is 12.1. The number of thiocarbonyl (C=S) groups is 1. The Kier molecular flexibility index (Phi) is 7.26. The number of amides is 1. The van der Waals surface area contributed by atoms with E-state index in [9.17, 15) is 4.79 Å². The molecule has 0 aliphatic carbocycles. The lowest BCUT2D eigenvalue weighted by Gasteiger charge is -2.26. The minimum atomic E-state index is -0.276. The van der Waals surface area contributed by atoms with E-state index in [1.54, 1.807) is 6.20 Å². The van der Waals surface area contributed by atoms with Crippen LogP contribution in [-0.4, -0.2) is 27.4 Å². The smallest absolute Gasteiger partial charge is 0.226 e. The highest BCUT2D eigenvalue weighted by atomic mass is 35.5. The number of carbonyl (C=O) groups is 1. The molecule has 1 fully saturated rings. The van der Waals surface area contributed by atoms with Crippen LogP contribution in [0.4, 0.5) is 5.69 Å². The first-order valence-corrected chi connectivity index (χ1v) is 12.9. The average Bonchev–Trinajstić information content (AvgIpc) is 3.50. The Morgan fingerprint density at radius 2 is 1.89 bits per heavy atom. The number of rotatable bonds is 7. The van der Waals surface area contributed by atoms with Gasteiger partial charge in [0.1, 0.15) is 17.6 Å². The molecule has 5 rings (SSSR count). The van der Waals surface area contributed by atoms with Crippen molar-refractivity contribution in [1.82, 2.24) is 15.2 Å². The normalized spacial score (nSPS) is 17.1. The van der Waals surface area contributed by atoms with Gasteiger partial charge in [-0.05, 0) is 79.7 Å². The molecule has 0 spiro atoms. The zero-order chi connectivity index (χ0) is 25.9. The van der Waals surface area contributed by atoms with Crippen molar-refractivity contribution in [3.05, 3.63) is 107 Å². The minimum absolute atomic E-state index is 0.0770. The molecule has 37 heavy (non-hydrogen) atoms. The zero-order valence-corrected chi connectivity index (χ0v) is 22.1. The molecular weight excluding hydrogens is 504 g/mol. The molecule has 1 amide bonds. The molecule has 1 aliphatic heterocycles. The molecule has 2 atom stereocenters. The summed E-state index contributed by atoms with van der Waals surface area (Å²) in [5, 5.41) is 7.61. The van der Waals surface area contributed by atoms with E-state index >= 15 is 0 Å². The Bertz CT molecular complexity index is 1440. The lowest BCUT2D eigenvalue weighted by atomic mass is 10.0. The minimum Gasteiger partial charge on any atom is -0.459 e. The number of furan rings is 1. The maximum atomic E-state index is 12.8. The van der Waals surface area contributed by atoms with Crippen LogP contribution in [0, 0.1) is 13.8 Å². The number of halogens is 1. The van der Waals surface area contributed by atoms with E-state index in [0.717, 1.165) is 39.6 Å².